The number of rotatable bonds is 5. The van der Waals surface area contributed by atoms with Crippen molar-refractivity contribution in [2.75, 3.05) is 23.7 Å². The quantitative estimate of drug-likeness (QED) is 0.832. The number of nitrogen functional groups attached to an aromatic ring is 1. The molecule has 1 aliphatic rings. The van der Waals surface area contributed by atoms with Gasteiger partial charge in [0.05, 0.1) is 0 Å². The molecule has 1 fully saturated rings. The molecule has 1 aromatic heterocycles. The van der Waals surface area contributed by atoms with Crippen LogP contribution >= 0.6 is 11.5 Å². The Morgan fingerprint density at radius 1 is 1.59 bits per heavy atom. The van der Waals surface area contributed by atoms with Crippen molar-refractivity contribution in [3.63, 3.8) is 0 Å². The number of hydrogen-bond donors (Lipinski definition) is 2. The van der Waals surface area contributed by atoms with E-state index in [9.17, 15) is 4.79 Å². The zero-order chi connectivity index (χ0) is 12.4. The van der Waals surface area contributed by atoms with Crippen LogP contribution in [0.3, 0.4) is 0 Å². The van der Waals surface area contributed by atoms with Crippen LogP contribution in [0.4, 0.5) is 10.8 Å². The highest BCUT2D eigenvalue weighted by atomic mass is 32.1. The highest BCUT2D eigenvalue weighted by Crippen LogP contribution is 2.34. The van der Waals surface area contributed by atoms with Gasteiger partial charge in [0, 0.05) is 13.1 Å². The molecule has 1 saturated carbocycles. The van der Waals surface area contributed by atoms with Crippen molar-refractivity contribution < 1.29 is 4.79 Å². The summed E-state index contributed by atoms with van der Waals surface area (Å²) in [6.07, 6.45) is 3.86. The summed E-state index contributed by atoms with van der Waals surface area (Å²) < 4.78 is 4.03. The summed E-state index contributed by atoms with van der Waals surface area (Å²) in [4.78, 5) is 13.5. The molecule has 4 N–H and O–H groups in total. The van der Waals surface area contributed by atoms with Crippen LogP contribution in [0.2, 0.25) is 0 Å². The van der Waals surface area contributed by atoms with Crippen LogP contribution in [-0.4, -0.2) is 23.4 Å². The van der Waals surface area contributed by atoms with E-state index in [1.54, 1.807) is 0 Å². The smallest absolute Gasteiger partial charge is 0.255 e. The molecule has 94 valence electrons. The normalized spacial score (nSPS) is 15.6. The molecule has 0 atom stereocenters. The summed E-state index contributed by atoms with van der Waals surface area (Å²) in [6.45, 7) is 3.89. The molecule has 5 nitrogen and oxygen atoms in total. The van der Waals surface area contributed by atoms with E-state index in [4.69, 9.17) is 11.5 Å². The van der Waals surface area contributed by atoms with Gasteiger partial charge < -0.3 is 16.4 Å². The molecule has 2 rings (SSSR count). The summed E-state index contributed by atoms with van der Waals surface area (Å²) in [5.41, 5.74) is 11.4. The van der Waals surface area contributed by atoms with Crippen LogP contribution in [0, 0.1) is 5.92 Å². The molecule has 1 amide bonds. The van der Waals surface area contributed by atoms with Gasteiger partial charge in [-0.2, -0.15) is 4.37 Å². The molecule has 17 heavy (non-hydrogen) atoms. The summed E-state index contributed by atoms with van der Waals surface area (Å²) in [5, 5.41) is 0.824. The van der Waals surface area contributed by atoms with Gasteiger partial charge in [0.25, 0.3) is 5.91 Å². The van der Waals surface area contributed by atoms with E-state index < -0.39 is 5.91 Å². The second kappa shape index (κ2) is 4.91. The molecular weight excluding hydrogens is 236 g/mol. The second-order valence-corrected chi connectivity index (χ2v) is 5.20. The summed E-state index contributed by atoms with van der Waals surface area (Å²) in [7, 11) is 0. The van der Waals surface area contributed by atoms with Crippen LogP contribution in [0.5, 0.6) is 0 Å². The molecule has 0 spiro atoms. The Bertz CT molecular complexity index is 414. The number of nitrogens with zero attached hydrogens (tertiary/aromatic N) is 2. The highest BCUT2D eigenvalue weighted by molar-refractivity contribution is 7.11. The predicted molar refractivity (Wildman–Crippen MR) is 70.3 cm³/mol. The van der Waals surface area contributed by atoms with Gasteiger partial charge in [0.15, 0.2) is 5.82 Å². The van der Waals surface area contributed by atoms with Gasteiger partial charge in [0.1, 0.15) is 10.6 Å². The zero-order valence-electron chi connectivity index (χ0n) is 9.98. The minimum atomic E-state index is -0.488. The average molecular weight is 254 g/mol. The highest BCUT2D eigenvalue weighted by Gasteiger charge is 2.25. The minimum Gasteiger partial charge on any atom is -0.382 e. The number of nitrogens with two attached hydrogens (primary N) is 2. The maximum atomic E-state index is 11.4. The Kier molecular flexibility index (Phi) is 3.51. The Morgan fingerprint density at radius 3 is 2.76 bits per heavy atom. The first-order chi connectivity index (χ1) is 8.13. The predicted octanol–water partition coefficient (Wildman–Crippen LogP) is 1.45. The third kappa shape index (κ3) is 2.36. The Balaban J connectivity index is 2.20. The molecule has 0 saturated heterocycles. The number of hydrogen-bond acceptors (Lipinski definition) is 5. The number of primary amides is 1. The van der Waals surface area contributed by atoms with Crippen LogP contribution in [-0.2, 0) is 0 Å². The molecule has 6 heteroatoms. The first-order valence-corrected chi connectivity index (χ1v) is 6.70. The van der Waals surface area contributed by atoms with E-state index in [1.165, 1.54) is 30.8 Å². The maximum absolute atomic E-state index is 11.4. The van der Waals surface area contributed by atoms with Crippen molar-refractivity contribution in [2.24, 2.45) is 11.7 Å². The third-order valence-electron chi connectivity index (χ3n) is 3.32. The third-order valence-corrected chi connectivity index (χ3v) is 4.24. The average Bonchev–Trinajstić information content (AvgIpc) is 2.59. The molecule has 1 aromatic rings. The molecule has 0 aromatic carbocycles. The largest absolute Gasteiger partial charge is 0.382 e. The Labute approximate surface area is 105 Å². The van der Waals surface area contributed by atoms with Gasteiger partial charge in [-0.15, -0.1) is 0 Å². The summed E-state index contributed by atoms with van der Waals surface area (Å²) >= 11 is 1.26. The van der Waals surface area contributed by atoms with Gasteiger partial charge in [-0.3, -0.25) is 4.79 Å². The van der Waals surface area contributed by atoms with E-state index in [0.717, 1.165) is 24.0 Å². The SMILES string of the molecule is CCN(CC1CCC1)c1snc(N)c1C(N)=O. The standard InChI is InChI=1S/C11H18N4OS/c1-2-15(6-7-4-3-5-7)11-8(10(13)16)9(12)14-17-11/h7H,2-6H2,1H3,(H2,12,14)(H2,13,16). The van der Waals surface area contributed by atoms with Crippen LogP contribution in [0.15, 0.2) is 0 Å². The molecule has 1 heterocycles. The van der Waals surface area contributed by atoms with Gasteiger partial charge in [-0.1, -0.05) is 6.42 Å². The fourth-order valence-electron chi connectivity index (χ4n) is 2.08. The fourth-order valence-corrected chi connectivity index (χ4v) is 2.98. The van der Waals surface area contributed by atoms with Crippen LogP contribution < -0.4 is 16.4 Å². The molecule has 0 aliphatic heterocycles. The molecule has 1 aliphatic carbocycles. The van der Waals surface area contributed by atoms with Gasteiger partial charge in [-0.25, -0.2) is 0 Å². The number of anilines is 2. The number of carbonyl (C=O) groups is 1. The topological polar surface area (TPSA) is 85.2 Å². The monoisotopic (exact) mass is 254 g/mol. The van der Waals surface area contributed by atoms with E-state index in [0.29, 0.717) is 5.56 Å². The lowest BCUT2D eigenvalue weighted by molar-refractivity contribution is 0.100. The van der Waals surface area contributed by atoms with Crippen molar-refractivity contribution in [3.05, 3.63) is 5.56 Å². The Morgan fingerprint density at radius 2 is 2.29 bits per heavy atom. The second-order valence-electron chi connectivity index (χ2n) is 4.45. The number of aromatic nitrogens is 1. The molecular formula is C11H18N4OS. The summed E-state index contributed by atoms with van der Waals surface area (Å²) in [5.74, 6) is 0.502. The lowest BCUT2D eigenvalue weighted by Crippen LogP contribution is -2.33. The van der Waals surface area contributed by atoms with Crippen LogP contribution in [0.1, 0.15) is 36.5 Å². The first kappa shape index (κ1) is 12.2. The van der Waals surface area contributed by atoms with Gasteiger partial charge in [-0.05, 0) is 37.2 Å². The molecule has 0 bridgehead atoms. The van der Waals surface area contributed by atoms with Gasteiger partial charge >= 0.3 is 0 Å². The van der Waals surface area contributed by atoms with E-state index in [2.05, 4.69) is 16.2 Å². The zero-order valence-corrected chi connectivity index (χ0v) is 10.8. The Hall–Kier alpha value is -1.30. The van der Waals surface area contributed by atoms with Gasteiger partial charge in [0.2, 0.25) is 0 Å². The first-order valence-electron chi connectivity index (χ1n) is 5.93. The lowest BCUT2D eigenvalue weighted by Gasteiger charge is -2.32. The maximum Gasteiger partial charge on any atom is 0.255 e. The molecule has 0 radical (unpaired) electrons. The van der Waals surface area contributed by atoms with E-state index in [1.807, 2.05) is 0 Å². The summed E-state index contributed by atoms with van der Waals surface area (Å²) in [6, 6.07) is 0. The van der Waals surface area contributed by atoms with E-state index in [-0.39, 0.29) is 5.82 Å². The number of carbonyl (C=O) groups excluding carboxylic acids is 1. The molecule has 0 unspecified atom stereocenters. The van der Waals surface area contributed by atoms with Crippen molar-refractivity contribution in [3.8, 4) is 0 Å². The minimum absolute atomic E-state index is 0.254. The fraction of sp³-hybridized carbons (Fsp3) is 0.636. The lowest BCUT2D eigenvalue weighted by atomic mass is 9.85. The van der Waals surface area contributed by atoms with Crippen molar-refractivity contribution >= 4 is 28.3 Å². The van der Waals surface area contributed by atoms with Crippen molar-refractivity contribution in [1.29, 1.82) is 0 Å². The van der Waals surface area contributed by atoms with Crippen molar-refractivity contribution in [2.45, 2.75) is 26.2 Å². The number of amides is 1. The van der Waals surface area contributed by atoms with Crippen LogP contribution in [0.25, 0.3) is 0 Å². The van der Waals surface area contributed by atoms with Crippen molar-refractivity contribution in [1.82, 2.24) is 4.37 Å². The van der Waals surface area contributed by atoms with E-state index >= 15 is 0 Å².